The molecule has 2 rings (SSSR count). The number of halogens is 1. The van der Waals surface area contributed by atoms with Gasteiger partial charge in [-0.25, -0.2) is 12.8 Å². The van der Waals surface area contributed by atoms with Crippen LogP contribution in [0.25, 0.3) is 0 Å². The molecule has 1 saturated carbocycles. The number of hydrogen-bond acceptors (Lipinski definition) is 4. The van der Waals surface area contributed by atoms with Crippen LogP contribution in [0.4, 0.5) is 4.39 Å². The molecule has 1 aromatic rings. The summed E-state index contributed by atoms with van der Waals surface area (Å²) in [6, 6.07) is 3.79. The van der Waals surface area contributed by atoms with Gasteiger partial charge in [-0.1, -0.05) is 0 Å². The highest BCUT2D eigenvalue weighted by atomic mass is 32.2. The van der Waals surface area contributed by atoms with Crippen molar-refractivity contribution in [1.82, 2.24) is 0 Å². The molecular weight excluding hydrogens is 283 g/mol. The maximum Gasteiger partial charge on any atom is 0.150 e. The van der Waals surface area contributed by atoms with Gasteiger partial charge in [-0.3, -0.25) is 4.79 Å². The zero-order chi connectivity index (χ0) is 14.8. The van der Waals surface area contributed by atoms with Crippen LogP contribution < -0.4 is 4.74 Å². The summed E-state index contributed by atoms with van der Waals surface area (Å²) < 4.78 is 42.1. The summed E-state index contributed by atoms with van der Waals surface area (Å²) in [5, 5.41) is -0.402. The van der Waals surface area contributed by atoms with Gasteiger partial charge in [-0.15, -0.1) is 0 Å². The third-order valence-corrected chi connectivity index (χ3v) is 5.16. The highest BCUT2D eigenvalue weighted by molar-refractivity contribution is 7.91. The molecule has 1 aromatic carbocycles. The van der Waals surface area contributed by atoms with Crippen molar-refractivity contribution in [1.29, 1.82) is 0 Å². The molecule has 1 fully saturated rings. The number of benzene rings is 1. The molecule has 20 heavy (non-hydrogen) atoms. The highest BCUT2D eigenvalue weighted by Gasteiger charge is 2.30. The van der Waals surface area contributed by atoms with Crippen molar-refractivity contribution in [3.8, 4) is 5.75 Å². The van der Waals surface area contributed by atoms with Crippen molar-refractivity contribution in [2.45, 2.75) is 37.0 Å². The lowest BCUT2D eigenvalue weighted by molar-refractivity contribution is 0.112. The predicted molar refractivity (Wildman–Crippen MR) is 73.3 cm³/mol. The number of ether oxygens (including phenoxy) is 1. The number of carbonyl (C=O) groups is 1. The summed E-state index contributed by atoms with van der Waals surface area (Å²) in [5.74, 6) is -0.272. The SMILES string of the molecule is CS(=O)(=O)C1CCCC(Oc2cc(F)cc(C=O)c2)C1. The summed E-state index contributed by atoms with van der Waals surface area (Å²) in [5.41, 5.74) is 0.204. The minimum atomic E-state index is -3.08. The predicted octanol–water partition coefficient (Wildman–Crippen LogP) is 2.37. The molecule has 0 radical (unpaired) electrons. The van der Waals surface area contributed by atoms with E-state index in [0.717, 1.165) is 18.9 Å². The fourth-order valence-electron chi connectivity index (χ4n) is 2.51. The van der Waals surface area contributed by atoms with Crippen molar-refractivity contribution in [2.24, 2.45) is 0 Å². The zero-order valence-electron chi connectivity index (χ0n) is 11.2. The van der Waals surface area contributed by atoms with Gasteiger partial charge in [0.05, 0.1) is 11.4 Å². The number of hydrogen-bond donors (Lipinski definition) is 0. The maximum atomic E-state index is 13.3. The molecule has 0 bridgehead atoms. The second-order valence-electron chi connectivity index (χ2n) is 5.20. The summed E-state index contributed by atoms with van der Waals surface area (Å²) >= 11 is 0. The Kier molecular flexibility index (Phi) is 4.42. The third kappa shape index (κ3) is 3.79. The average Bonchev–Trinajstić information content (AvgIpc) is 2.37. The minimum absolute atomic E-state index is 0.204. The van der Waals surface area contributed by atoms with Gasteiger partial charge in [0, 0.05) is 24.3 Å². The Balaban J connectivity index is 2.10. The highest BCUT2D eigenvalue weighted by Crippen LogP contribution is 2.28. The van der Waals surface area contributed by atoms with E-state index in [9.17, 15) is 17.6 Å². The Hall–Kier alpha value is -1.43. The normalized spacial score (nSPS) is 23.3. The van der Waals surface area contributed by atoms with E-state index >= 15 is 0 Å². The topological polar surface area (TPSA) is 60.4 Å². The largest absolute Gasteiger partial charge is 0.490 e. The first-order valence-corrected chi connectivity index (χ1v) is 8.45. The standard InChI is InChI=1S/C14H17FO4S/c1-20(17,18)14-4-2-3-12(8-14)19-13-6-10(9-16)5-11(15)7-13/h5-7,9,12,14H,2-4,8H2,1H3. The van der Waals surface area contributed by atoms with Gasteiger partial charge >= 0.3 is 0 Å². The summed E-state index contributed by atoms with van der Waals surface area (Å²) in [6.45, 7) is 0. The molecule has 0 saturated heterocycles. The first-order chi connectivity index (χ1) is 9.38. The van der Waals surface area contributed by atoms with Crippen LogP contribution in [0.15, 0.2) is 18.2 Å². The first kappa shape index (κ1) is 15.0. The minimum Gasteiger partial charge on any atom is -0.490 e. The fraction of sp³-hybridized carbons (Fsp3) is 0.500. The van der Waals surface area contributed by atoms with Gasteiger partial charge in [-0.2, -0.15) is 0 Å². The number of sulfone groups is 1. The van der Waals surface area contributed by atoms with E-state index in [4.69, 9.17) is 4.74 Å². The summed E-state index contributed by atoms with van der Waals surface area (Å²) in [4.78, 5) is 10.7. The van der Waals surface area contributed by atoms with Gasteiger partial charge in [0.1, 0.15) is 27.7 Å². The van der Waals surface area contributed by atoms with E-state index in [0.29, 0.717) is 19.1 Å². The Bertz CT molecular complexity index is 597. The Morgan fingerprint density at radius 3 is 2.70 bits per heavy atom. The molecule has 0 aromatic heterocycles. The molecule has 0 N–H and O–H groups in total. The molecule has 1 aliphatic carbocycles. The Morgan fingerprint density at radius 1 is 1.30 bits per heavy atom. The molecule has 1 aliphatic rings. The van der Waals surface area contributed by atoms with Crippen molar-refractivity contribution < 1.29 is 22.3 Å². The summed E-state index contributed by atoms with van der Waals surface area (Å²) in [6.07, 6.45) is 4.07. The molecule has 110 valence electrons. The number of rotatable bonds is 4. The lowest BCUT2D eigenvalue weighted by Gasteiger charge is -2.28. The van der Waals surface area contributed by atoms with Gasteiger partial charge in [0.15, 0.2) is 0 Å². The molecule has 0 amide bonds. The van der Waals surface area contributed by atoms with Crippen molar-refractivity contribution in [3.63, 3.8) is 0 Å². The van der Waals surface area contributed by atoms with E-state index in [1.54, 1.807) is 0 Å². The monoisotopic (exact) mass is 300 g/mol. The van der Waals surface area contributed by atoms with E-state index in [1.165, 1.54) is 18.4 Å². The van der Waals surface area contributed by atoms with E-state index < -0.39 is 20.9 Å². The van der Waals surface area contributed by atoms with Crippen LogP contribution in [0.2, 0.25) is 0 Å². The molecule has 6 heteroatoms. The Labute approximate surface area is 117 Å². The summed E-state index contributed by atoms with van der Waals surface area (Å²) in [7, 11) is -3.08. The third-order valence-electron chi connectivity index (χ3n) is 3.52. The van der Waals surface area contributed by atoms with Crippen LogP contribution in [0.3, 0.4) is 0 Å². The van der Waals surface area contributed by atoms with Crippen LogP contribution in [0.5, 0.6) is 5.75 Å². The van der Waals surface area contributed by atoms with E-state index in [-0.39, 0.29) is 17.4 Å². The van der Waals surface area contributed by atoms with Gasteiger partial charge < -0.3 is 4.74 Å². The second kappa shape index (κ2) is 5.91. The molecule has 4 nitrogen and oxygen atoms in total. The first-order valence-electron chi connectivity index (χ1n) is 6.50. The lowest BCUT2D eigenvalue weighted by atomic mass is 9.97. The molecule has 0 heterocycles. The maximum absolute atomic E-state index is 13.3. The van der Waals surface area contributed by atoms with Gasteiger partial charge in [-0.05, 0) is 31.4 Å². The van der Waals surface area contributed by atoms with Crippen molar-refractivity contribution >= 4 is 16.1 Å². The molecule has 0 aliphatic heterocycles. The number of aldehydes is 1. The van der Waals surface area contributed by atoms with Crippen molar-refractivity contribution in [3.05, 3.63) is 29.6 Å². The van der Waals surface area contributed by atoms with Crippen LogP contribution in [-0.4, -0.2) is 32.3 Å². The van der Waals surface area contributed by atoms with Crippen LogP contribution in [-0.2, 0) is 9.84 Å². The smallest absolute Gasteiger partial charge is 0.150 e. The quantitative estimate of drug-likeness (QED) is 0.801. The second-order valence-corrected chi connectivity index (χ2v) is 7.52. The molecule has 2 atom stereocenters. The lowest BCUT2D eigenvalue weighted by Crippen LogP contribution is -2.33. The van der Waals surface area contributed by atoms with Crippen LogP contribution in [0, 0.1) is 5.82 Å². The van der Waals surface area contributed by atoms with E-state index in [1.807, 2.05) is 0 Å². The van der Waals surface area contributed by atoms with Gasteiger partial charge in [0.25, 0.3) is 0 Å². The molecule has 2 unspecified atom stereocenters. The molecule has 0 spiro atoms. The fourth-order valence-corrected chi connectivity index (χ4v) is 3.67. The molecular formula is C14H17FO4S. The van der Waals surface area contributed by atoms with Crippen LogP contribution in [0.1, 0.15) is 36.0 Å². The van der Waals surface area contributed by atoms with Gasteiger partial charge in [0.2, 0.25) is 0 Å². The average molecular weight is 300 g/mol. The Morgan fingerprint density at radius 2 is 2.05 bits per heavy atom. The zero-order valence-corrected chi connectivity index (χ0v) is 12.0. The van der Waals surface area contributed by atoms with Crippen LogP contribution >= 0.6 is 0 Å². The number of carbonyl (C=O) groups excluding carboxylic acids is 1. The van der Waals surface area contributed by atoms with E-state index in [2.05, 4.69) is 0 Å². The van der Waals surface area contributed by atoms with Crippen molar-refractivity contribution in [2.75, 3.05) is 6.26 Å².